The van der Waals surface area contributed by atoms with E-state index in [1.165, 1.54) is 0 Å². The van der Waals surface area contributed by atoms with Gasteiger partial charge in [0, 0.05) is 12.8 Å². The van der Waals surface area contributed by atoms with Crippen LogP contribution >= 0.6 is 0 Å². The summed E-state index contributed by atoms with van der Waals surface area (Å²) < 4.78 is 0. The minimum atomic E-state index is -1.38. The molecule has 174 valence electrons. The molecule has 0 unspecified atom stereocenters. The van der Waals surface area contributed by atoms with Gasteiger partial charge in [-0.25, -0.2) is 0 Å². The zero-order valence-electron chi connectivity index (χ0n) is 16.4. The van der Waals surface area contributed by atoms with Crippen LogP contribution in [0.5, 0.6) is 0 Å². The largest absolute Gasteiger partial charge is 0.481 e. The molecule has 15 heteroatoms. The Kier molecular flexibility index (Phi) is 12.5. The van der Waals surface area contributed by atoms with Crippen LogP contribution in [0.4, 0.5) is 0 Å². The Hall–Kier alpha value is -3.75. The molecule has 0 aromatic heterocycles. The molecule has 31 heavy (non-hydrogen) atoms. The Labute approximate surface area is 175 Å². The summed E-state index contributed by atoms with van der Waals surface area (Å²) in [6, 6.07) is -2.65. The van der Waals surface area contributed by atoms with Gasteiger partial charge in [-0.05, 0) is 12.8 Å². The van der Waals surface area contributed by atoms with Crippen LogP contribution in [0.1, 0.15) is 25.7 Å². The number of amides is 4. The van der Waals surface area contributed by atoms with Gasteiger partial charge >= 0.3 is 17.9 Å². The molecule has 9 N–H and O–H groups in total. The highest BCUT2D eigenvalue weighted by Gasteiger charge is 2.24. The van der Waals surface area contributed by atoms with Gasteiger partial charge in [0.25, 0.3) is 0 Å². The van der Waals surface area contributed by atoms with E-state index in [1.807, 2.05) is 5.32 Å². The van der Waals surface area contributed by atoms with Crippen LogP contribution in [0.15, 0.2) is 0 Å². The molecule has 0 saturated heterocycles. The van der Waals surface area contributed by atoms with E-state index in [0.29, 0.717) is 0 Å². The standard InChI is InChI=1S/C16H25N5O10/c17-5-10(22)20-8(1-3-12(24)25)15(30)18-6-11(23)21-9(2-4-13(26)27)16(31)19-7-14(28)29/h8-9H,1-7,17H2,(H,18,30)(H,19,31)(H,20,22)(H,21,23)(H,24,25)(H,26,27)(H,28,29)/t8-,9-/m1/s1. The Bertz CT molecular complexity index is 711. The Morgan fingerprint density at radius 3 is 1.45 bits per heavy atom. The van der Waals surface area contributed by atoms with E-state index < -0.39 is 86.1 Å². The van der Waals surface area contributed by atoms with E-state index in [1.54, 1.807) is 0 Å². The van der Waals surface area contributed by atoms with Crippen molar-refractivity contribution in [1.29, 1.82) is 0 Å². The molecule has 4 amide bonds. The number of carboxylic acids is 3. The molecule has 0 aromatic rings. The van der Waals surface area contributed by atoms with Crippen molar-refractivity contribution in [3.8, 4) is 0 Å². The number of nitrogens with two attached hydrogens (primary N) is 1. The maximum Gasteiger partial charge on any atom is 0.322 e. The van der Waals surface area contributed by atoms with Crippen molar-refractivity contribution in [2.24, 2.45) is 5.73 Å². The van der Waals surface area contributed by atoms with Gasteiger partial charge in [0.2, 0.25) is 23.6 Å². The first kappa shape index (κ1) is 27.2. The average Bonchev–Trinajstić information content (AvgIpc) is 2.69. The van der Waals surface area contributed by atoms with Crippen LogP contribution in [0.3, 0.4) is 0 Å². The van der Waals surface area contributed by atoms with Crippen molar-refractivity contribution in [3.05, 3.63) is 0 Å². The summed E-state index contributed by atoms with van der Waals surface area (Å²) in [5.74, 6) is -7.26. The van der Waals surface area contributed by atoms with E-state index in [0.717, 1.165) is 0 Å². The molecule has 0 aliphatic carbocycles. The van der Waals surface area contributed by atoms with Crippen LogP contribution in [0.25, 0.3) is 0 Å². The van der Waals surface area contributed by atoms with E-state index in [-0.39, 0.29) is 12.8 Å². The summed E-state index contributed by atoms with van der Waals surface area (Å²) >= 11 is 0. The fraction of sp³-hybridized carbons (Fsp3) is 0.562. The maximum absolute atomic E-state index is 12.2. The molecule has 0 heterocycles. The molecule has 0 spiro atoms. The molecule has 0 radical (unpaired) electrons. The molecule has 15 nitrogen and oxygen atoms in total. The summed E-state index contributed by atoms with van der Waals surface area (Å²) in [6.07, 6.45) is -1.56. The summed E-state index contributed by atoms with van der Waals surface area (Å²) in [4.78, 5) is 79.5. The van der Waals surface area contributed by atoms with Gasteiger partial charge in [0.15, 0.2) is 0 Å². The Balaban J connectivity index is 4.91. The summed E-state index contributed by atoms with van der Waals surface area (Å²) in [6.45, 7) is -1.88. The summed E-state index contributed by atoms with van der Waals surface area (Å²) in [5, 5.41) is 34.6. The molecule has 0 aliphatic heterocycles. The van der Waals surface area contributed by atoms with Gasteiger partial charge in [-0.15, -0.1) is 0 Å². The summed E-state index contributed by atoms with van der Waals surface area (Å²) in [5.41, 5.74) is 5.13. The number of hydrogen-bond donors (Lipinski definition) is 8. The molecule has 0 aliphatic rings. The lowest BCUT2D eigenvalue weighted by molar-refractivity contribution is -0.140. The molecule has 0 fully saturated rings. The van der Waals surface area contributed by atoms with Gasteiger partial charge < -0.3 is 42.3 Å². The van der Waals surface area contributed by atoms with Crippen molar-refractivity contribution in [3.63, 3.8) is 0 Å². The lowest BCUT2D eigenvalue weighted by Crippen LogP contribution is -2.53. The van der Waals surface area contributed by atoms with Crippen LogP contribution in [0, 0.1) is 0 Å². The predicted octanol–water partition coefficient (Wildman–Crippen LogP) is -4.04. The summed E-state index contributed by atoms with van der Waals surface area (Å²) in [7, 11) is 0. The lowest BCUT2D eigenvalue weighted by Gasteiger charge is -2.19. The van der Waals surface area contributed by atoms with Crippen molar-refractivity contribution in [2.45, 2.75) is 37.8 Å². The van der Waals surface area contributed by atoms with Gasteiger partial charge in [-0.3, -0.25) is 33.6 Å². The second-order valence-corrected chi connectivity index (χ2v) is 6.14. The number of carbonyl (C=O) groups is 7. The van der Waals surface area contributed by atoms with Gasteiger partial charge in [0.05, 0.1) is 13.1 Å². The Morgan fingerprint density at radius 1 is 0.645 bits per heavy atom. The molecular formula is C16H25N5O10. The van der Waals surface area contributed by atoms with Crippen LogP contribution in [0.2, 0.25) is 0 Å². The first-order chi connectivity index (χ1) is 14.5. The predicted molar refractivity (Wildman–Crippen MR) is 100 cm³/mol. The SMILES string of the molecule is NCC(=O)N[C@H](CCC(=O)O)C(=O)NCC(=O)N[C@H](CCC(=O)O)C(=O)NCC(=O)O. The quantitative estimate of drug-likeness (QED) is 0.120. The van der Waals surface area contributed by atoms with Crippen molar-refractivity contribution in [1.82, 2.24) is 21.3 Å². The highest BCUT2D eigenvalue weighted by atomic mass is 16.4. The monoisotopic (exact) mass is 447 g/mol. The normalized spacial score (nSPS) is 12.0. The van der Waals surface area contributed by atoms with Crippen LogP contribution < -0.4 is 27.0 Å². The zero-order valence-corrected chi connectivity index (χ0v) is 16.4. The van der Waals surface area contributed by atoms with E-state index in [9.17, 15) is 33.6 Å². The van der Waals surface area contributed by atoms with Crippen LogP contribution in [-0.2, 0) is 33.6 Å². The highest BCUT2D eigenvalue weighted by Crippen LogP contribution is 2.00. The average molecular weight is 447 g/mol. The first-order valence-corrected chi connectivity index (χ1v) is 8.95. The molecule has 2 atom stereocenters. The maximum atomic E-state index is 12.2. The lowest BCUT2D eigenvalue weighted by atomic mass is 10.1. The molecule has 0 saturated carbocycles. The molecule has 0 aromatic carbocycles. The highest BCUT2D eigenvalue weighted by molar-refractivity contribution is 5.93. The zero-order chi connectivity index (χ0) is 24.0. The first-order valence-electron chi connectivity index (χ1n) is 8.95. The molecular weight excluding hydrogens is 422 g/mol. The van der Waals surface area contributed by atoms with Crippen molar-refractivity contribution in [2.75, 3.05) is 19.6 Å². The minimum Gasteiger partial charge on any atom is -0.481 e. The fourth-order valence-corrected chi connectivity index (χ4v) is 2.15. The topological polar surface area (TPSA) is 254 Å². The second-order valence-electron chi connectivity index (χ2n) is 6.14. The third kappa shape index (κ3) is 13.2. The smallest absolute Gasteiger partial charge is 0.322 e. The van der Waals surface area contributed by atoms with Gasteiger partial charge in [0.1, 0.15) is 18.6 Å². The minimum absolute atomic E-state index is 0.270. The molecule has 0 bridgehead atoms. The number of aliphatic carboxylic acids is 3. The number of rotatable bonds is 15. The number of carboxylic acid groups (broad SMARTS) is 3. The fourth-order valence-electron chi connectivity index (χ4n) is 2.15. The van der Waals surface area contributed by atoms with Crippen molar-refractivity contribution >= 4 is 41.5 Å². The molecule has 0 rings (SSSR count). The Morgan fingerprint density at radius 2 is 1.06 bits per heavy atom. The van der Waals surface area contributed by atoms with Gasteiger partial charge in [-0.2, -0.15) is 0 Å². The van der Waals surface area contributed by atoms with E-state index in [2.05, 4.69) is 16.0 Å². The second kappa shape index (κ2) is 14.3. The third-order valence-corrected chi connectivity index (χ3v) is 3.62. The van der Waals surface area contributed by atoms with Gasteiger partial charge in [-0.1, -0.05) is 0 Å². The van der Waals surface area contributed by atoms with E-state index >= 15 is 0 Å². The number of nitrogens with one attached hydrogen (secondary N) is 4. The van der Waals surface area contributed by atoms with E-state index in [4.69, 9.17) is 21.1 Å². The van der Waals surface area contributed by atoms with Crippen LogP contribution in [-0.4, -0.2) is 88.6 Å². The number of carbonyl (C=O) groups excluding carboxylic acids is 4. The number of hydrogen-bond acceptors (Lipinski definition) is 8. The van der Waals surface area contributed by atoms with Crippen molar-refractivity contribution < 1.29 is 48.9 Å². The third-order valence-electron chi connectivity index (χ3n) is 3.62.